The van der Waals surface area contributed by atoms with E-state index in [9.17, 15) is 14.7 Å². The lowest BCUT2D eigenvalue weighted by Gasteiger charge is -2.17. The van der Waals surface area contributed by atoms with Crippen molar-refractivity contribution in [2.75, 3.05) is 12.4 Å². The van der Waals surface area contributed by atoms with E-state index in [-0.39, 0.29) is 24.2 Å². The molecule has 2 aromatic carbocycles. The number of hydrogen-bond acceptors (Lipinski definition) is 6. The Morgan fingerprint density at radius 2 is 1.74 bits per heavy atom. The summed E-state index contributed by atoms with van der Waals surface area (Å²) in [5.74, 6) is 0.212. The molecule has 2 amide bonds. The van der Waals surface area contributed by atoms with E-state index in [2.05, 4.69) is 20.8 Å². The molecule has 1 aromatic heterocycles. The summed E-state index contributed by atoms with van der Waals surface area (Å²) in [6, 6.07) is 17.7. The van der Waals surface area contributed by atoms with Crippen LogP contribution in [0.1, 0.15) is 34.7 Å². The highest BCUT2D eigenvalue weighted by atomic mass is 32.2. The fourth-order valence-corrected chi connectivity index (χ4v) is 3.80. The van der Waals surface area contributed by atoms with Gasteiger partial charge in [-0.3, -0.25) is 9.59 Å². The molecule has 3 N–H and O–H groups in total. The minimum absolute atomic E-state index is 0.114. The summed E-state index contributed by atoms with van der Waals surface area (Å²) >= 11 is 1.26. The van der Waals surface area contributed by atoms with Crippen LogP contribution in [-0.4, -0.2) is 44.0 Å². The maximum Gasteiger partial charge on any atom is 0.251 e. The number of nitrogens with one attached hydrogen (secondary N) is 2. The van der Waals surface area contributed by atoms with Crippen LogP contribution in [0.4, 0.5) is 0 Å². The predicted octanol–water partition coefficient (Wildman–Crippen LogP) is 2.17. The maximum atomic E-state index is 12.5. The first-order valence-corrected chi connectivity index (χ1v) is 10.9. The molecular formula is C22H25N5O3S. The van der Waals surface area contributed by atoms with Crippen molar-refractivity contribution >= 4 is 23.6 Å². The lowest BCUT2D eigenvalue weighted by molar-refractivity contribution is -0.118. The summed E-state index contributed by atoms with van der Waals surface area (Å²) in [5.41, 5.74) is 1.52. The summed E-state index contributed by atoms with van der Waals surface area (Å²) in [7, 11) is 0. The molecule has 0 fully saturated rings. The molecule has 31 heavy (non-hydrogen) atoms. The average molecular weight is 440 g/mol. The normalized spacial score (nSPS) is 11.7. The zero-order valence-corrected chi connectivity index (χ0v) is 18.0. The van der Waals surface area contributed by atoms with Gasteiger partial charge in [-0.1, -0.05) is 60.3 Å². The van der Waals surface area contributed by atoms with Gasteiger partial charge < -0.3 is 20.3 Å². The Hall–Kier alpha value is -3.17. The molecule has 0 bridgehead atoms. The molecule has 0 saturated heterocycles. The molecule has 1 heterocycles. The van der Waals surface area contributed by atoms with Gasteiger partial charge in [-0.25, -0.2) is 0 Å². The number of benzene rings is 2. The Morgan fingerprint density at radius 3 is 2.39 bits per heavy atom. The number of thioether (sulfide) groups is 1. The third-order valence-electron chi connectivity index (χ3n) is 4.56. The standard InChI is InChI=1S/C22H25N5O3S/c1-2-27-20(18(14-28)24-21(30)17-11-7-4-8-12-17)25-26-22(27)31-15-19(29)23-13-16-9-5-3-6-10-16/h3-12,18,28H,2,13-15H2,1H3,(H,23,29)(H,24,30)/t18-/m1/s1. The van der Waals surface area contributed by atoms with Gasteiger partial charge in [0.25, 0.3) is 5.91 Å². The number of aliphatic hydroxyl groups is 1. The van der Waals surface area contributed by atoms with Crippen molar-refractivity contribution in [2.24, 2.45) is 0 Å². The summed E-state index contributed by atoms with van der Waals surface area (Å²) in [6.07, 6.45) is 0. The molecule has 0 saturated carbocycles. The van der Waals surface area contributed by atoms with Crippen LogP contribution < -0.4 is 10.6 Å². The summed E-state index contributed by atoms with van der Waals surface area (Å²) in [6.45, 7) is 2.59. The van der Waals surface area contributed by atoms with Gasteiger partial charge in [0.1, 0.15) is 6.04 Å². The summed E-state index contributed by atoms with van der Waals surface area (Å²) in [4.78, 5) is 24.7. The molecule has 162 valence electrons. The van der Waals surface area contributed by atoms with Gasteiger partial charge in [0.15, 0.2) is 11.0 Å². The SMILES string of the molecule is CCn1c(SCC(=O)NCc2ccccc2)nnc1[C@@H](CO)NC(=O)c1ccccc1. The second kappa shape index (κ2) is 11.3. The lowest BCUT2D eigenvalue weighted by atomic mass is 10.2. The second-order valence-corrected chi connectivity index (χ2v) is 7.65. The van der Waals surface area contributed by atoms with Gasteiger partial charge >= 0.3 is 0 Å². The lowest BCUT2D eigenvalue weighted by Crippen LogP contribution is -2.32. The molecule has 3 aromatic rings. The van der Waals surface area contributed by atoms with E-state index in [0.29, 0.717) is 29.6 Å². The van der Waals surface area contributed by atoms with Crippen molar-refractivity contribution in [2.45, 2.75) is 31.2 Å². The van der Waals surface area contributed by atoms with Gasteiger partial charge in [-0.2, -0.15) is 0 Å². The van der Waals surface area contributed by atoms with Crippen LogP contribution in [-0.2, 0) is 17.9 Å². The predicted molar refractivity (Wildman–Crippen MR) is 118 cm³/mol. The number of nitrogens with zero attached hydrogens (tertiary/aromatic N) is 3. The van der Waals surface area contributed by atoms with Crippen LogP contribution >= 0.6 is 11.8 Å². The van der Waals surface area contributed by atoms with Crippen LogP contribution in [0.15, 0.2) is 65.8 Å². The smallest absolute Gasteiger partial charge is 0.251 e. The molecule has 0 unspecified atom stereocenters. The first kappa shape index (κ1) is 22.5. The topological polar surface area (TPSA) is 109 Å². The van der Waals surface area contributed by atoms with Crippen LogP contribution in [0.3, 0.4) is 0 Å². The Labute approximate surface area is 185 Å². The first-order chi connectivity index (χ1) is 15.1. The second-order valence-electron chi connectivity index (χ2n) is 6.71. The van der Waals surface area contributed by atoms with E-state index < -0.39 is 6.04 Å². The number of hydrogen-bond donors (Lipinski definition) is 3. The zero-order valence-electron chi connectivity index (χ0n) is 17.2. The van der Waals surface area contributed by atoms with E-state index in [4.69, 9.17) is 0 Å². The van der Waals surface area contributed by atoms with Crippen LogP contribution in [0.25, 0.3) is 0 Å². The Morgan fingerprint density at radius 1 is 1.06 bits per heavy atom. The van der Waals surface area contributed by atoms with E-state index in [1.807, 2.05) is 43.3 Å². The molecule has 0 aliphatic rings. The maximum absolute atomic E-state index is 12.5. The molecular weight excluding hydrogens is 414 g/mol. The largest absolute Gasteiger partial charge is 0.394 e. The van der Waals surface area contributed by atoms with Crippen LogP contribution in [0, 0.1) is 0 Å². The van der Waals surface area contributed by atoms with Gasteiger partial charge in [0.05, 0.1) is 12.4 Å². The number of aromatic nitrogens is 3. The Kier molecular flexibility index (Phi) is 8.19. The van der Waals surface area contributed by atoms with Crippen molar-refractivity contribution in [3.05, 3.63) is 77.6 Å². The number of amides is 2. The molecule has 0 aliphatic carbocycles. The van der Waals surface area contributed by atoms with E-state index in [0.717, 1.165) is 5.56 Å². The highest BCUT2D eigenvalue weighted by molar-refractivity contribution is 7.99. The van der Waals surface area contributed by atoms with E-state index >= 15 is 0 Å². The molecule has 3 rings (SSSR count). The molecule has 0 spiro atoms. The molecule has 0 aliphatic heterocycles. The van der Waals surface area contributed by atoms with Crippen molar-refractivity contribution in [1.29, 1.82) is 0 Å². The minimum Gasteiger partial charge on any atom is -0.394 e. The monoisotopic (exact) mass is 439 g/mol. The van der Waals surface area contributed by atoms with E-state index in [1.54, 1.807) is 28.8 Å². The van der Waals surface area contributed by atoms with Gasteiger partial charge in [-0.05, 0) is 24.6 Å². The third kappa shape index (κ3) is 6.16. The fourth-order valence-electron chi connectivity index (χ4n) is 2.96. The number of rotatable bonds is 10. The van der Waals surface area contributed by atoms with Gasteiger partial charge in [0.2, 0.25) is 5.91 Å². The van der Waals surface area contributed by atoms with E-state index in [1.165, 1.54) is 11.8 Å². The zero-order chi connectivity index (χ0) is 22.1. The van der Waals surface area contributed by atoms with Gasteiger partial charge in [-0.15, -0.1) is 10.2 Å². The van der Waals surface area contributed by atoms with Crippen molar-refractivity contribution < 1.29 is 14.7 Å². The highest BCUT2D eigenvalue weighted by Gasteiger charge is 2.23. The van der Waals surface area contributed by atoms with Crippen molar-refractivity contribution in [3.63, 3.8) is 0 Å². The van der Waals surface area contributed by atoms with Crippen molar-refractivity contribution in [3.8, 4) is 0 Å². The molecule has 8 nitrogen and oxygen atoms in total. The third-order valence-corrected chi connectivity index (χ3v) is 5.53. The number of carbonyl (C=O) groups is 2. The molecule has 1 atom stereocenters. The Bertz CT molecular complexity index is 995. The summed E-state index contributed by atoms with van der Waals surface area (Å²) in [5, 5.41) is 24.4. The molecule has 9 heteroatoms. The number of aliphatic hydroxyl groups excluding tert-OH is 1. The number of carbonyl (C=O) groups excluding carboxylic acids is 2. The van der Waals surface area contributed by atoms with Gasteiger partial charge in [0, 0.05) is 18.7 Å². The fraction of sp³-hybridized carbons (Fsp3) is 0.273. The van der Waals surface area contributed by atoms with Crippen molar-refractivity contribution in [1.82, 2.24) is 25.4 Å². The average Bonchev–Trinajstić information content (AvgIpc) is 3.23. The Balaban J connectivity index is 1.61. The summed E-state index contributed by atoms with van der Waals surface area (Å²) < 4.78 is 1.79. The first-order valence-electron chi connectivity index (χ1n) is 9.95. The van der Waals surface area contributed by atoms with Crippen LogP contribution in [0.5, 0.6) is 0 Å². The highest BCUT2D eigenvalue weighted by Crippen LogP contribution is 2.21. The van der Waals surface area contributed by atoms with Crippen LogP contribution in [0.2, 0.25) is 0 Å². The minimum atomic E-state index is -0.707. The quantitative estimate of drug-likeness (QED) is 0.418. The molecule has 0 radical (unpaired) electrons.